The first-order valence-electron chi connectivity index (χ1n) is 7.23. The van der Waals surface area contributed by atoms with Crippen LogP contribution in [-0.2, 0) is 4.74 Å². The quantitative estimate of drug-likeness (QED) is 0.694. The Bertz CT molecular complexity index is 954. The number of hydrogen-bond acceptors (Lipinski definition) is 6. The van der Waals surface area contributed by atoms with Crippen LogP contribution in [-0.4, -0.2) is 29.1 Å². The maximum Gasteiger partial charge on any atom is 0.347 e. The third kappa shape index (κ3) is 3.67. The fourth-order valence-electron chi connectivity index (χ4n) is 2.19. The molecule has 0 bridgehead atoms. The minimum atomic E-state index is -1.00. The Balaban J connectivity index is 1.84. The second-order valence-electron chi connectivity index (χ2n) is 4.94. The summed E-state index contributed by atoms with van der Waals surface area (Å²) >= 11 is 1.07. The van der Waals surface area contributed by atoms with Gasteiger partial charge in [-0.1, -0.05) is 18.2 Å². The number of nitrogens with zero attached hydrogens (tertiary/aromatic N) is 1. The van der Waals surface area contributed by atoms with Crippen molar-refractivity contribution in [2.24, 2.45) is 0 Å². The highest BCUT2D eigenvalue weighted by atomic mass is 32.1. The van der Waals surface area contributed by atoms with Crippen LogP contribution in [0.1, 0.15) is 30.8 Å². The number of aromatic nitrogens is 1. The van der Waals surface area contributed by atoms with Gasteiger partial charge in [0.1, 0.15) is 21.4 Å². The summed E-state index contributed by atoms with van der Waals surface area (Å²) in [6.07, 6.45) is 4.67. The third-order valence-electron chi connectivity index (χ3n) is 3.35. The summed E-state index contributed by atoms with van der Waals surface area (Å²) < 4.78 is 10.5. The van der Waals surface area contributed by atoms with Crippen molar-refractivity contribution in [3.05, 3.63) is 63.8 Å². The lowest BCUT2D eigenvalue weighted by atomic mass is 10.1. The average Bonchev–Trinajstić information content (AvgIpc) is 3.28. The summed E-state index contributed by atoms with van der Waals surface area (Å²) in [6, 6.07) is 10.5. The Kier molecular flexibility index (Phi) is 4.76. The lowest BCUT2D eigenvalue weighted by molar-refractivity contribution is 0.0600. The number of thiazole rings is 1. The molecule has 0 spiro atoms. The van der Waals surface area contributed by atoms with Gasteiger partial charge in [0.2, 0.25) is 0 Å². The molecule has 0 saturated heterocycles. The van der Waals surface area contributed by atoms with Crippen LogP contribution in [0.25, 0.3) is 23.5 Å². The fraction of sp³-hybridized carbons (Fsp3) is 0.0556. The number of esters is 1. The van der Waals surface area contributed by atoms with Crippen molar-refractivity contribution >= 4 is 35.4 Å². The van der Waals surface area contributed by atoms with Gasteiger partial charge in [-0.2, -0.15) is 0 Å². The minimum Gasteiger partial charge on any atom is -0.477 e. The molecule has 1 N–H and O–H groups in total. The number of carboxylic acid groups (broad SMARTS) is 1. The highest BCUT2D eigenvalue weighted by Crippen LogP contribution is 2.27. The largest absolute Gasteiger partial charge is 0.477 e. The summed E-state index contributed by atoms with van der Waals surface area (Å²) in [7, 11) is 1.33. The van der Waals surface area contributed by atoms with Crippen molar-refractivity contribution in [2.45, 2.75) is 0 Å². The molecule has 0 radical (unpaired) electrons. The molecule has 25 heavy (non-hydrogen) atoms. The molecule has 126 valence electrons. The van der Waals surface area contributed by atoms with Crippen molar-refractivity contribution in [1.29, 1.82) is 0 Å². The normalized spacial score (nSPS) is 10.9. The minimum absolute atomic E-state index is 0.173. The van der Waals surface area contributed by atoms with Crippen LogP contribution in [0, 0.1) is 0 Å². The number of aromatic carboxylic acids is 1. The van der Waals surface area contributed by atoms with Crippen molar-refractivity contribution in [1.82, 2.24) is 4.98 Å². The van der Waals surface area contributed by atoms with E-state index in [0.717, 1.165) is 11.3 Å². The number of benzene rings is 1. The molecule has 0 aliphatic heterocycles. The maximum absolute atomic E-state index is 11.8. The number of rotatable bonds is 5. The van der Waals surface area contributed by atoms with Gasteiger partial charge >= 0.3 is 11.9 Å². The molecule has 3 rings (SSSR count). The molecule has 0 saturated carbocycles. The molecule has 1 aromatic carbocycles. The smallest absolute Gasteiger partial charge is 0.347 e. The maximum atomic E-state index is 11.8. The summed E-state index contributed by atoms with van der Waals surface area (Å²) in [5.41, 5.74) is 1.05. The van der Waals surface area contributed by atoms with Crippen LogP contribution >= 0.6 is 11.3 Å². The molecule has 0 fully saturated rings. The molecular formula is C18H13NO5S. The van der Waals surface area contributed by atoms with Gasteiger partial charge in [-0.05, 0) is 30.4 Å². The van der Waals surface area contributed by atoms with Crippen molar-refractivity contribution in [3.8, 4) is 11.3 Å². The van der Waals surface area contributed by atoms with Crippen molar-refractivity contribution in [3.63, 3.8) is 0 Å². The third-order valence-corrected chi connectivity index (χ3v) is 4.30. The zero-order valence-electron chi connectivity index (χ0n) is 13.1. The Labute approximate surface area is 147 Å². The first kappa shape index (κ1) is 16.7. The van der Waals surface area contributed by atoms with Gasteiger partial charge in [-0.15, -0.1) is 11.3 Å². The van der Waals surface area contributed by atoms with Crippen molar-refractivity contribution < 1.29 is 23.8 Å². The molecule has 3 aromatic rings. The van der Waals surface area contributed by atoms with E-state index in [4.69, 9.17) is 14.3 Å². The lowest BCUT2D eigenvalue weighted by Crippen LogP contribution is -2.02. The summed E-state index contributed by atoms with van der Waals surface area (Å²) in [6.45, 7) is 0. The predicted molar refractivity (Wildman–Crippen MR) is 93.5 cm³/mol. The van der Waals surface area contributed by atoms with E-state index in [1.807, 2.05) is 6.07 Å². The molecule has 0 amide bonds. The van der Waals surface area contributed by atoms with E-state index < -0.39 is 11.9 Å². The average molecular weight is 355 g/mol. The zero-order valence-corrected chi connectivity index (χ0v) is 13.9. The monoisotopic (exact) mass is 355 g/mol. The van der Waals surface area contributed by atoms with Crippen LogP contribution in [0.15, 0.2) is 47.0 Å². The Hall–Kier alpha value is -3.19. The molecule has 6 nitrogen and oxygen atoms in total. The van der Waals surface area contributed by atoms with Crippen LogP contribution in [0.3, 0.4) is 0 Å². The Morgan fingerprint density at radius 3 is 2.72 bits per heavy atom. The molecule has 0 atom stereocenters. The molecule has 2 heterocycles. The van der Waals surface area contributed by atoms with Crippen LogP contribution in [0.2, 0.25) is 0 Å². The van der Waals surface area contributed by atoms with Gasteiger partial charge in [-0.25, -0.2) is 14.6 Å². The van der Waals surface area contributed by atoms with E-state index in [1.165, 1.54) is 13.3 Å². The van der Waals surface area contributed by atoms with E-state index in [1.54, 1.807) is 42.5 Å². The van der Waals surface area contributed by atoms with Gasteiger partial charge in [0.15, 0.2) is 0 Å². The standard InChI is InChI=1S/C18H13NO5S/c1-23-18(22)13-5-3-2-4-12(13)14-8-6-11(24-14)7-9-16-19-10-15(25-16)17(20)21/h2-10H,1H3,(H,20,21)/b9-7+. The second kappa shape index (κ2) is 7.14. The number of hydrogen-bond donors (Lipinski definition) is 1. The summed E-state index contributed by atoms with van der Waals surface area (Å²) in [5, 5.41) is 9.45. The van der Waals surface area contributed by atoms with Crippen LogP contribution in [0.4, 0.5) is 0 Å². The van der Waals surface area contributed by atoms with E-state index in [2.05, 4.69) is 4.98 Å². The van der Waals surface area contributed by atoms with E-state index in [-0.39, 0.29) is 4.88 Å². The Morgan fingerprint density at radius 2 is 2.00 bits per heavy atom. The number of ether oxygens (including phenoxy) is 1. The van der Waals surface area contributed by atoms with Gasteiger partial charge in [0, 0.05) is 5.56 Å². The van der Waals surface area contributed by atoms with E-state index >= 15 is 0 Å². The number of carbonyl (C=O) groups is 2. The van der Waals surface area contributed by atoms with Gasteiger partial charge in [-0.3, -0.25) is 0 Å². The number of methoxy groups -OCH3 is 1. The van der Waals surface area contributed by atoms with E-state index in [9.17, 15) is 9.59 Å². The Morgan fingerprint density at radius 1 is 1.20 bits per heavy atom. The molecular weight excluding hydrogens is 342 g/mol. The number of carbonyl (C=O) groups excluding carboxylic acids is 1. The van der Waals surface area contributed by atoms with Crippen LogP contribution in [0.5, 0.6) is 0 Å². The summed E-state index contributed by atoms with van der Waals surface area (Å²) in [5.74, 6) is -0.349. The summed E-state index contributed by atoms with van der Waals surface area (Å²) in [4.78, 5) is 26.9. The highest BCUT2D eigenvalue weighted by Gasteiger charge is 2.15. The van der Waals surface area contributed by atoms with Crippen molar-refractivity contribution in [2.75, 3.05) is 7.11 Å². The SMILES string of the molecule is COC(=O)c1ccccc1-c1ccc(/C=C/c2ncc(C(=O)O)s2)o1. The lowest BCUT2D eigenvalue weighted by Gasteiger charge is -2.04. The zero-order chi connectivity index (χ0) is 17.8. The number of furan rings is 1. The molecule has 0 aliphatic carbocycles. The predicted octanol–water partition coefficient (Wildman–Crippen LogP) is 4.06. The molecule has 0 aliphatic rings. The topological polar surface area (TPSA) is 89.6 Å². The molecule has 0 unspecified atom stereocenters. The second-order valence-corrected chi connectivity index (χ2v) is 6.00. The van der Waals surface area contributed by atoms with E-state index in [0.29, 0.717) is 27.7 Å². The fourth-order valence-corrected chi connectivity index (χ4v) is 2.85. The first-order chi connectivity index (χ1) is 12.1. The van der Waals surface area contributed by atoms with Gasteiger partial charge < -0.3 is 14.3 Å². The van der Waals surface area contributed by atoms with Crippen LogP contribution < -0.4 is 0 Å². The number of carboxylic acids is 1. The molecule has 7 heteroatoms. The first-order valence-corrected chi connectivity index (χ1v) is 8.05. The van der Waals surface area contributed by atoms with Gasteiger partial charge in [0.25, 0.3) is 0 Å². The molecule has 2 aromatic heterocycles. The van der Waals surface area contributed by atoms with Gasteiger partial charge in [0.05, 0.1) is 18.9 Å². The highest BCUT2D eigenvalue weighted by molar-refractivity contribution is 7.14.